The average molecular weight is 386 g/mol. The molecule has 144 valence electrons. The molecule has 2 aromatic heterocycles. The summed E-state index contributed by atoms with van der Waals surface area (Å²) in [6.07, 6.45) is -2.73. The summed E-state index contributed by atoms with van der Waals surface area (Å²) >= 11 is 0. The van der Waals surface area contributed by atoms with Crippen LogP contribution in [0.15, 0.2) is 18.3 Å². The third kappa shape index (κ3) is 3.59. The molecule has 9 heteroatoms. The fourth-order valence-electron chi connectivity index (χ4n) is 2.85. The van der Waals surface area contributed by atoms with Crippen molar-refractivity contribution in [3.05, 3.63) is 24.0 Å². The number of alkyl halides is 3. The second kappa shape index (κ2) is 6.23. The minimum absolute atomic E-state index is 0.0817. The van der Waals surface area contributed by atoms with E-state index in [0.717, 1.165) is 17.1 Å². The van der Waals surface area contributed by atoms with Gasteiger partial charge in [-0.1, -0.05) is 20.8 Å². The SMILES string of the molecule is CC(C)(C)[Si](C)(C)OC1CCN(c2ccc3ncc(C(F)(F)F)n3n2)C1. The Bertz CT molecular complexity index is 797. The van der Waals surface area contributed by atoms with E-state index in [4.69, 9.17) is 4.43 Å². The topological polar surface area (TPSA) is 42.7 Å². The molecule has 0 N–H and O–H groups in total. The third-order valence-electron chi connectivity index (χ3n) is 5.38. The van der Waals surface area contributed by atoms with Crippen LogP contribution < -0.4 is 4.90 Å². The smallest absolute Gasteiger partial charge is 0.412 e. The van der Waals surface area contributed by atoms with Gasteiger partial charge in [0.05, 0.1) is 12.3 Å². The number of fused-ring (bicyclic) bond motifs is 1. The number of imidazole rings is 1. The van der Waals surface area contributed by atoms with E-state index in [1.54, 1.807) is 12.1 Å². The highest BCUT2D eigenvalue weighted by Crippen LogP contribution is 2.38. The molecule has 26 heavy (non-hydrogen) atoms. The summed E-state index contributed by atoms with van der Waals surface area (Å²) in [6.45, 7) is 12.4. The van der Waals surface area contributed by atoms with Crippen LogP contribution in [0.4, 0.5) is 19.0 Å². The number of rotatable bonds is 3. The van der Waals surface area contributed by atoms with Crippen LogP contribution in [0.5, 0.6) is 0 Å². The molecular formula is C17H25F3N4OSi. The molecule has 1 aliphatic rings. The van der Waals surface area contributed by atoms with Gasteiger partial charge >= 0.3 is 6.18 Å². The summed E-state index contributed by atoms with van der Waals surface area (Å²) in [5.41, 5.74) is -0.669. The standard InChI is InChI=1S/C17H25F3N4OSi/c1-16(2,3)26(4,5)25-12-8-9-23(11-12)15-7-6-14-21-10-13(17(18,19)20)24(14)22-15/h6-7,10,12H,8-9,11H2,1-5H3. The Morgan fingerprint density at radius 1 is 1.19 bits per heavy atom. The molecular weight excluding hydrogens is 361 g/mol. The van der Waals surface area contributed by atoms with Crippen molar-refractivity contribution in [2.24, 2.45) is 0 Å². The maximum atomic E-state index is 13.1. The first-order chi connectivity index (χ1) is 11.9. The second-order valence-electron chi connectivity index (χ2n) is 8.34. The molecule has 0 aromatic carbocycles. The molecule has 1 saturated heterocycles. The van der Waals surface area contributed by atoms with Crippen LogP contribution in [0.1, 0.15) is 32.9 Å². The summed E-state index contributed by atoms with van der Waals surface area (Å²) in [7, 11) is -1.88. The molecule has 1 aliphatic heterocycles. The molecule has 3 heterocycles. The first-order valence-corrected chi connectivity index (χ1v) is 11.6. The lowest BCUT2D eigenvalue weighted by atomic mass is 10.2. The Morgan fingerprint density at radius 2 is 1.88 bits per heavy atom. The van der Waals surface area contributed by atoms with E-state index in [1.165, 1.54) is 0 Å². The van der Waals surface area contributed by atoms with Crippen LogP contribution in [0.2, 0.25) is 18.1 Å². The predicted molar refractivity (Wildman–Crippen MR) is 96.9 cm³/mol. The Morgan fingerprint density at radius 3 is 2.50 bits per heavy atom. The van der Waals surface area contributed by atoms with Gasteiger partial charge in [-0.3, -0.25) is 0 Å². The number of hydrogen-bond acceptors (Lipinski definition) is 4. The van der Waals surface area contributed by atoms with Crippen molar-refractivity contribution in [3.8, 4) is 0 Å². The lowest BCUT2D eigenvalue weighted by molar-refractivity contribution is -0.142. The Balaban J connectivity index is 1.79. The van der Waals surface area contributed by atoms with Crippen LogP contribution >= 0.6 is 0 Å². The number of anilines is 1. The predicted octanol–water partition coefficient (Wildman–Crippen LogP) is 4.35. The summed E-state index contributed by atoms with van der Waals surface area (Å²) in [4.78, 5) is 5.77. The number of hydrogen-bond donors (Lipinski definition) is 0. The van der Waals surface area contributed by atoms with Crippen LogP contribution in [0.25, 0.3) is 5.65 Å². The molecule has 0 aliphatic carbocycles. The highest BCUT2D eigenvalue weighted by Gasteiger charge is 2.41. The van der Waals surface area contributed by atoms with Crippen LogP contribution in [0.3, 0.4) is 0 Å². The van der Waals surface area contributed by atoms with Gasteiger partial charge in [-0.05, 0) is 36.7 Å². The molecule has 0 radical (unpaired) electrons. The van der Waals surface area contributed by atoms with Gasteiger partial charge in [0.15, 0.2) is 19.7 Å². The van der Waals surface area contributed by atoms with Crippen LogP contribution in [-0.4, -0.2) is 42.1 Å². The molecule has 1 fully saturated rings. The molecule has 0 saturated carbocycles. The Kier molecular flexibility index (Phi) is 4.59. The van der Waals surface area contributed by atoms with Gasteiger partial charge in [-0.15, -0.1) is 5.10 Å². The fraction of sp³-hybridized carbons (Fsp3) is 0.647. The average Bonchev–Trinajstić information content (AvgIpc) is 3.10. The molecule has 0 bridgehead atoms. The van der Waals surface area contributed by atoms with Gasteiger partial charge in [-0.25, -0.2) is 9.50 Å². The first kappa shape index (κ1) is 19.2. The van der Waals surface area contributed by atoms with E-state index in [9.17, 15) is 13.2 Å². The zero-order valence-corrected chi connectivity index (χ0v) is 16.8. The number of nitrogens with zero attached hydrogens (tertiary/aromatic N) is 4. The minimum atomic E-state index is -4.48. The van der Waals surface area contributed by atoms with Gasteiger partial charge in [0.1, 0.15) is 5.82 Å². The molecule has 3 rings (SSSR count). The maximum absolute atomic E-state index is 13.1. The molecule has 0 spiro atoms. The zero-order valence-electron chi connectivity index (χ0n) is 15.8. The lowest BCUT2D eigenvalue weighted by Gasteiger charge is -2.38. The maximum Gasteiger partial charge on any atom is 0.435 e. The van der Waals surface area contributed by atoms with Crippen LogP contribution in [0, 0.1) is 0 Å². The van der Waals surface area contributed by atoms with Crippen LogP contribution in [-0.2, 0) is 10.6 Å². The lowest BCUT2D eigenvalue weighted by Crippen LogP contribution is -2.44. The van der Waals surface area contributed by atoms with Crippen molar-refractivity contribution in [3.63, 3.8) is 0 Å². The van der Waals surface area contributed by atoms with E-state index in [2.05, 4.69) is 43.9 Å². The molecule has 1 unspecified atom stereocenters. The Hall–Kier alpha value is -1.61. The summed E-state index contributed by atoms with van der Waals surface area (Å²) in [6, 6.07) is 3.29. The highest BCUT2D eigenvalue weighted by atomic mass is 28.4. The van der Waals surface area contributed by atoms with Gasteiger partial charge in [0, 0.05) is 13.1 Å². The molecule has 5 nitrogen and oxygen atoms in total. The summed E-state index contributed by atoms with van der Waals surface area (Å²) < 4.78 is 46.6. The minimum Gasteiger partial charge on any atom is -0.412 e. The highest BCUT2D eigenvalue weighted by molar-refractivity contribution is 6.74. The monoisotopic (exact) mass is 386 g/mol. The number of halogens is 3. The van der Waals surface area contributed by atoms with Crippen molar-refractivity contribution in [2.75, 3.05) is 18.0 Å². The van der Waals surface area contributed by atoms with E-state index >= 15 is 0 Å². The number of aromatic nitrogens is 3. The molecule has 0 amide bonds. The van der Waals surface area contributed by atoms with Gasteiger partial charge in [-0.2, -0.15) is 13.2 Å². The van der Waals surface area contributed by atoms with Crippen molar-refractivity contribution < 1.29 is 17.6 Å². The molecule has 2 aromatic rings. The second-order valence-corrected chi connectivity index (χ2v) is 13.1. The van der Waals surface area contributed by atoms with E-state index in [0.29, 0.717) is 18.9 Å². The van der Waals surface area contributed by atoms with Crippen molar-refractivity contribution >= 4 is 19.8 Å². The van der Waals surface area contributed by atoms with Crippen molar-refractivity contribution in [2.45, 2.75) is 57.6 Å². The van der Waals surface area contributed by atoms with E-state index < -0.39 is 20.2 Å². The van der Waals surface area contributed by atoms with Gasteiger partial charge in [0.25, 0.3) is 0 Å². The first-order valence-electron chi connectivity index (χ1n) is 8.73. The summed E-state index contributed by atoms with van der Waals surface area (Å²) in [5.74, 6) is 0.516. The Labute approximate surface area is 152 Å². The van der Waals surface area contributed by atoms with E-state index in [1.807, 2.05) is 4.90 Å². The van der Waals surface area contributed by atoms with Gasteiger partial charge in [0.2, 0.25) is 0 Å². The van der Waals surface area contributed by atoms with Crippen molar-refractivity contribution in [1.29, 1.82) is 0 Å². The normalized spacial score (nSPS) is 19.5. The van der Waals surface area contributed by atoms with E-state index in [-0.39, 0.29) is 16.8 Å². The molecule has 1 atom stereocenters. The fourth-order valence-corrected chi connectivity index (χ4v) is 4.23. The summed E-state index contributed by atoms with van der Waals surface area (Å²) in [5, 5.41) is 4.30. The quantitative estimate of drug-likeness (QED) is 0.736. The third-order valence-corrected chi connectivity index (χ3v) is 9.91. The largest absolute Gasteiger partial charge is 0.435 e. The van der Waals surface area contributed by atoms with Gasteiger partial charge < -0.3 is 9.33 Å². The zero-order chi connectivity index (χ0) is 19.3. The van der Waals surface area contributed by atoms with Crippen molar-refractivity contribution in [1.82, 2.24) is 14.6 Å².